The van der Waals surface area contributed by atoms with Crippen LogP contribution >= 0.6 is 0 Å². The second-order valence-electron chi connectivity index (χ2n) is 5.32. The molecule has 0 aromatic carbocycles. The van der Waals surface area contributed by atoms with Gasteiger partial charge in [0, 0.05) is 0 Å². The summed E-state index contributed by atoms with van der Waals surface area (Å²) in [6.07, 6.45) is 6.30. The maximum atomic E-state index is 2.50. The number of hydrogen-bond donors (Lipinski definition) is 0. The first kappa shape index (κ1) is 5.62. The van der Waals surface area contributed by atoms with Crippen LogP contribution in [0.1, 0.15) is 39.5 Å². The highest BCUT2D eigenvalue weighted by Crippen LogP contribution is 2.79. The van der Waals surface area contributed by atoms with Crippen LogP contribution < -0.4 is 0 Å². The van der Waals surface area contributed by atoms with Crippen molar-refractivity contribution in [3.63, 3.8) is 0 Å². The average molecular weight is 136 g/mol. The van der Waals surface area contributed by atoms with Gasteiger partial charge in [-0.2, -0.15) is 0 Å². The summed E-state index contributed by atoms with van der Waals surface area (Å²) in [4.78, 5) is 0. The van der Waals surface area contributed by atoms with Crippen molar-refractivity contribution in [2.24, 2.45) is 22.7 Å². The van der Waals surface area contributed by atoms with Crippen molar-refractivity contribution in [2.75, 3.05) is 0 Å². The summed E-state index contributed by atoms with van der Waals surface area (Å²) < 4.78 is 0. The zero-order valence-electron chi connectivity index (χ0n) is 6.98. The molecule has 0 N–H and O–H groups in total. The highest BCUT2D eigenvalue weighted by atomic mass is 14.8. The van der Waals surface area contributed by atoms with Crippen LogP contribution in [0.4, 0.5) is 0 Å². The Morgan fingerprint density at radius 3 is 2.20 bits per heavy atom. The van der Waals surface area contributed by atoms with Gasteiger partial charge in [-0.1, -0.05) is 13.8 Å². The van der Waals surface area contributed by atoms with E-state index in [4.69, 9.17) is 0 Å². The Balaban J connectivity index is 2.11. The molecule has 1 spiro atoms. The van der Waals surface area contributed by atoms with E-state index in [0.29, 0.717) is 0 Å². The van der Waals surface area contributed by atoms with E-state index in [2.05, 4.69) is 13.8 Å². The third-order valence-electron chi connectivity index (χ3n) is 5.12. The molecule has 4 aliphatic rings. The Morgan fingerprint density at radius 1 is 1.20 bits per heavy atom. The van der Waals surface area contributed by atoms with Gasteiger partial charge in [0.05, 0.1) is 0 Å². The van der Waals surface area contributed by atoms with Crippen molar-refractivity contribution in [1.29, 1.82) is 0 Å². The van der Waals surface area contributed by atoms with Crippen molar-refractivity contribution in [1.82, 2.24) is 0 Å². The third kappa shape index (κ3) is 0.320. The molecule has 3 unspecified atom stereocenters. The van der Waals surface area contributed by atoms with Crippen LogP contribution in [-0.2, 0) is 0 Å². The van der Waals surface area contributed by atoms with E-state index in [1.165, 1.54) is 0 Å². The average Bonchev–Trinajstić information content (AvgIpc) is 2.47. The second-order valence-corrected chi connectivity index (χ2v) is 5.32. The van der Waals surface area contributed by atoms with Crippen molar-refractivity contribution in [3.8, 4) is 0 Å². The van der Waals surface area contributed by atoms with E-state index in [9.17, 15) is 0 Å². The predicted molar refractivity (Wildman–Crippen MR) is 41.7 cm³/mol. The molecule has 4 saturated carbocycles. The summed E-state index contributed by atoms with van der Waals surface area (Å²) in [6.45, 7) is 5.00. The summed E-state index contributed by atoms with van der Waals surface area (Å²) in [5.41, 5.74) is 1.60. The van der Waals surface area contributed by atoms with Crippen LogP contribution in [0.2, 0.25) is 0 Å². The molecule has 0 aliphatic heterocycles. The monoisotopic (exact) mass is 136 g/mol. The smallest absolute Gasteiger partial charge is 0.0238 e. The summed E-state index contributed by atoms with van der Waals surface area (Å²) in [5, 5.41) is 0. The standard InChI is InChI=1S/C10H16/c1-9(2)8-6-10(9)4-3-7(8)5-10/h7-8H,3-6H2,1-2H3. The van der Waals surface area contributed by atoms with Gasteiger partial charge >= 0.3 is 0 Å². The van der Waals surface area contributed by atoms with E-state index >= 15 is 0 Å². The largest absolute Gasteiger partial charge is 0.0591 e. The fourth-order valence-corrected chi connectivity index (χ4v) is 4.24. The minimum Gasteiger partial charge on any atom is -0.0591 e. The van der Waals surface area contributed by atoms with E-state index in [1.54, 1.807) is 25.7 Å². The van der Waals surface area contributed by atoms with E-state index in [1.807, 2.05) is 0 Å². The molecule has 0 heteroatoms. The van der Waals surface area contributed by atoms with Gasteiger partial charge in [-0.15, -0.1) is 0 Å². The van der Waals surface area contributed by atoms with Crippen LogP contribution in [0, 0.1) is 22.7 Å². The molecule has 56 valence electrons. The van der Waals surface area contributed by atoms with Gasteiger partial charge in [0.15, 0.2) is 0 Å². The lowest BCUT2D eigenvalue weighted by Crippen LogP contribution is -2.50. The summed E-state index contributed by atoms with van der Waals surface area (Å²) in [7, 11) is 0. The molecule has 4 aliphatic carbocycles. The molecule has 0 radical (unpaired) electrons. The molecule has 3 bridgehead atoms. The summed E-state index contributed by atoms with van der Waals surface area (Å²) in [5.74, 6) is 2.27. The lowest BCUT2D eigenvalue weighted by Gasteiger charge is -2.58. The van der Waals surface area contributed by atoms with E-state index in [0.717, 1.165) is 22.7 Å². The maximum absolute atomic E-state index is 2.50. The van der Waals surface area contributed by atoms with Crippen molar-refractivity contribution >= 4 is 0 Å². The van der Waals surface area contributed by atoms with E-state index in [-0.39, 0.29) is 0 Å². The quantitative estimate of drug-likeness (QED) is 0.480. The Hall–Kier alpha value is 0. The molecule has 3 atom stereocenters. The van der Waals surface area contributed by atoms with Crippen molar-refractivity contribution in [2.45, 2.75) is 39.5 Å². The molecule has 0 saturated heterocycles. The second kappa shape index (κ2) is 1.19. The maximum Gasteiger partial charge on any atom is -0.0238 e. The Morgan fingerprint density at radius 2 is 2.00 bits per heavy atom. The van der Waals surface area contributed by atoms with Crippen LogP contribution in [0.3, 0.4) is 0 Å². The first-order valence-electron chi connectivity index (χ1n) is 4.66. The minimum absolute atomic E-state index is 0.746. The van der Waals surface area contributed by atoms with Crippen LogP contribution in [0.5, 0.6) is 0 Å². The summed E-state index contributed by atoms with van der Waals surface area (Å²) >= 11 is 0. The lowest BCUT2D eigenvalue weighted by molar-refractivity contribution is -0.0906. The zero-order chi connectivity index (χ0) is 6.98. The molecule has 0 heterocycles. The highest BCUT2D eigenvalue weighted by Gasteiger charge is 2.71. The van der Waals surface area contributed by atoms with E-state index < -0.39 is 0 Å². The Labute approximate surface area is 63.0 Å². The van der Waals surface area contributed by atoms with Gasteiger partial charge in [0.25, 0.3) is 0 Å². The molecule has 0 amide bonds. The Bertz CT molecular complexity index is 188. The topological polar surface area (TPSA) is 0 Å². The zero-order valence-corrected chi connectivity index (χ0v) is 6.98. The Kier molecular flexibility index (Phi) is 0.669. The first-order valence-corrected chi connectivity index (χ1v) is 4.66. The molecular formula is C10H16. The molecule has 4 rings (SSSR count). The minimum atomic E-state index is 0.746. The fraction of sp³-hybridized carbons (Fsp3) is 1.00. The molecule has 10 heavy (non-hydrogen) atoms. The predicted octanol–water partition coefficient (Wildman–Crippen LogP) is 2.83. The van der Waals surface area contributed by atoms with Crippen molar-refractivity contribution in [3.05, 3.63) is 0 Å². The lowest BCUT2D eigenvalue weighted by atomic mass is 9.47. The number of rotatable bonds is 0. The van der Waals surface area contributed by atoms with Gasteiger partial charge in [-0.3, -0.25) is 0 Å². The van der Waals surface area contributed by atoms with Gasteiger partial charge in [-0.05, 0) is 48.3 Å². The SMILES string of the molecule is CC1(C)C2CC13CCC2C3. The fourth-order valence-electron chi connectivity index (χ4n) is 4.24. The van der Waals surface area contributed by atoms with Crippen LogP contribution in [-0.4, -0.2) is 0 Å². The molecule has 4 fully saturated rings. The summed E-state index contributed by atoms with van der Waals surface area (Å²) in [6, 6.07) is 0. The molecule has 0 nitrogen and oxygen atoms in total. The van der Waals surface area contributed by atoms with Gasteiger partial charge < -0.3 is 0 Å². The van der Waals surface area contributed by atoms with Gasteiger partial charge in [-0.25, -0.2) is 0 Å². The molecule has 0 aromatic heterocycles. The van der Waals surface area contributed by atoms with Crippen LogP contribution in [0.15, 0.2) is 0 Å². The molecule has 0 aromatic rings. The molecular weight excluding hydrogens is 120 g/mol. The first-order chi connectivity index (χ1) is 4.66. The normalized spacial score (nSPS) is 60.6. The highest BCUT2D eigenvalue weighted by molar-refractivity contribution is 5.20. The van der Waals surface area contributed by atoms with Gasteiger partial charge in [0.2, 0.25) is 0 Å². The van der Waals surface area contributed by atoms with Crippen LogP contribution in [0.25, 0.3) is 0 Å². The van der Waals surface area contributed by atoms with Crippen molar-refractivity contribution < 1.29 is 0 Å². The number of hydrogen-bond acceptors (Lipinski definition) is 0. The third-order valence-corrected chi connectivity index (χ3v) is 5.12. The van der Waals surface area contributed by atoms with Gasteiger partial charge in [0.1, 0.15) is 0 Å².